The lowest BCUT2D eigenvalue weighted by Gasteiger charge is -1.96. The second-order valence-electron chi connectivity index (χ2n) is 2.41. The average Bonchev–Trinajstić information content (AvgIpc) is 2.09. The maximum atomic E-state index is 9.98. The van der Waals surface area contributed by atoms with Crippen LogP contribution in [0.25, 0.3) is 0 Å². The topological polar surface area (TPSA) is 43.1 Å². The lowest BCUT2D eigenvalue weighted by atomic mass is 10.2. The highest BCUT2D eigenvalue weighted by Crippen LogP contribution is 2.17. The predicted octanol–water partition coefficient (Wildman–Crippen LogP) is 1.86. The van der Waals surface area contributed by atoms with E-state index in [0.29, 0.717) is 16.3 Å². The summed E-state index contributed by atoms with van der Waals surface area (Å²) in [5.41, 5.74) is 6.79. The van der Waals surface area contributed by atoms with Gasteiger partial charge < -0.3 is 10.5 Å². The molecule has 2 nitrogen and oxygen atoms in total. The molecular weight excluding hydrogens is 186 g/mol. The van der Waals surface area contributed by atoms with Crippen molar-refractivity contribution in [1.29, 1.82) is 0 Å². The van der Waals surface area contributed by atoms with E-state index < -0.39 is 0 Å². The molecule has 0 unspecified atom stereocenters. The fourth-order valence-electron chi connectivity index (χ4n) is 0.821. The molecule has 0 saturated heterocycles. The molecule has 0 heterocycles. The minimum Gasteiger partial charge on any atom is -0.399 e. The summed E-state index contributed by atoms with van der Waals surface area (Å²) in [4.78, 5) is 9.98. The molecule has 1 rings (SSSR count). The molecule has 0 saturated carbocycles. The van der Waals surface area contributed by atoms with E-state index in [1.165, 1.54) is 0 Å². The smallest absolute Gasteiger partial charge is 0.131 e. The van der Waals surface area contributed by atoms with Gasteiger partial charge >= 0.3 is 0 Å². The van der Waals surface area contributed by atoms with Gasteiger partial charge in [0.2, 0.25) is 0 Å². The van der Waals surface area contributed by atoms with Crippen LogP contribution in [0.15, 0.2) is 18.2 Å². The molecule has 2 N–H and O–H groups in total. The second-order valence-corrected chi connectivity index (χ2v) is 2.82. The van der Waals surface area contributed by atoms with Crippen LogP contribution in [0.1, 0.15) is 12.0 Å². The average molecular weight is 194 g/mol. The number of aldehydes is 1. The van der Waals surface area contributed by atoms with E-state index in [1.807, 2.05) is 0 Å². The molecule has 0 fully saturated rings. The Bertz CT molecular complexity index is 376. The van der Waals surface area contributed by atoms with Crippen LogP contribution >= 0.6 is 11.6 Å². The van der Waals surface area contributed by atoms with E-state index in [-0.39, 0.29) is 6.42 Å². The van der Waals surface area contributed by atoms with E-state index >= 15 is 0 Å². The molecule has 0 aromatic heterocycles. The van der Waals surface area contributed by atoms with E-state index in [1.54, 1.807) is 18.2 Å². The van der Waals surface area contributed by atoms with E-state index in [2.05, 4.69) is 11.8 Å². The van der Waals surface area contributed by atoms with Gasteiger partial charge in [0.15, 0.2) is 0 Å². The number of hydrogen-bond acceptors (Lipinski definition) is 2. The zero-order valence-corrected chi connectivity index (χ0v) is 7.64. The number of benzene rings is 1. The Balaban J connectivity index is 2.91. The van der Waals surface area contributed by atoms with Gasteiger partial charge in [0.05, 0.1) is 11.4 Å². The Morgan fingerprint density at radius 2 is 2.31 bits per heavy atom. The van der Waals surface area contributed by atoms with Crippen LogP contribution < -0.4 is 5.73 Å². The van der Waals surface area contributed by atoms with E-state index in [9.17, 15) is 4.79 Å². The molecule has 3 heteroatoms. The van der Waals surface area contributed by atoms with Crippen molar-refractivity contribution < 1.29 is 4.79 Å². The van der Waals surface area contributed by atoms with Crippen molar-refractivity contribution in [3.8, 4) is 11.8 Å². The number of carbonyl (C=O) groups excluding carboxylic acids is 1. The van der Waals surface area contributed by atoms with Crippen LogP contribution in [0, 0.1) is 11.8 Å². The molecule has 0 aliphatic heterocycles. The quantitative estimate of drug-likeness (QED) is 0.420. The molecular formula is C10H8ClNO. The summed E-state index contributed by atoms with van der Waals surface area (Å²) in [7, 11) is 0. The first kappa shape index (κ1) is 9.63. The van der Waals surface area contributed by atoms with Gasteiger partial charge in [-0.25, -0.2) is 0 Å². The highest BCUT2D eigenvalue weighted by Gasteiger charge is 1.95. The second kappa shape index (κ2) is 4.54. The van der Waals surface area contributed by atoms with Crippen LogP contribution in [0.3, 0.4) is 0 Å². The number of nitrogens with two attached hydrogens (primary N) is 1. The van der Waals surface area contributed by atoms with Gasteiger partial charge in [-0.3, -0.25) is 0 Å². The fourth-order valence-corrected chi connectivity index (χ4v) is 1.06. The van der Waals surface area contributed by atoms with Gasteiger partial charge in [0.1, 0.15) is 6.29 Å². The first-order valence-electron chi connectivity index (χ1n) is 3.71. The number of anilines is 1. The van der Waals surface area contributed by atoms with Crippen LogP contribution in [-0.2, 0) is 4.79 Å². The van der Waals surface area contributed by atoms with Crippen molar-refractivity contribution in [1.82, 2.24) is 0 Å². The monoisotopic (exact) mass is 193 g/mol. The standard InChI is InChI=1S/C10H8ClNO/c11-10-7-9(12)5-4-8(10)3-1-2-6-13/h4-7H,2,12H2. The number of halogens is 1. The summed E-state index contributed by atoms with van der Waals surface area (Å²) in [5.74, 6) is 5.44. The van der Waals surface area contributed by atoms with Crippen LogP contribution in [0.2, 0.25) is 5.02 Å². The van der Waals surface area contributed by atoms with Crippen molar-refractivity contribution in [3.63, 3.8) is 0 Å². The van der Waals surface area contributed by atoms with Gasteiger partial charge in [-0.15, -0.1) is 0 Å². The maximum Gasteiger partial charge on any atom is 0.131 e. The zero-order valence-electron chi connectivity index (χ0n) is 6.88. The van der Waals surface area contributed by atoms with Gasteiger partial charge in [-0.2, -0.15) is 0 Å². The summed E-state index contributed by atoms with van der Waals surface area (Å²) in [6.07, 6.45) is 0.971. The molecule has 0 amide bonds. The minimum atomic E-state index is 0.223. The Morgan fingerprint density at radius 3 is 2.92 bits per heavy atom. The summed E-state index contributed by atoms with van der Waals surface area (Å²) >= 11 is 5.84. The Morgan fingerprint density at radius 1 is 1.54 bits per heavy atom. The third kappa shape index (κ3) is 2.81. The summed E-state index contributed by atoms with van der Waals surface area (Å²) < 4.78 is 0. The maximum absolute atomic E-state index is 9.98. The molecule has 66 valence electrons. The Hall–Kier alpha value is -1.46. The minimum absolute atomic E-state index is 0.223. The van der Waals surface area contributed by atoms with Gasteiger partial charge in [0, 0.05) is 11.3 Å². The predicted molar refractivity (Wildman–Crippen MR) is 53.4 cm³/mol. The lowest BCUT2D eigenvalue weighted by molar-refractivity contribution is -0.107. The number of rotatable bonds is 1. The van der Waals surface area contributed by atoms with Gasteiger partial charge in [-0.05, 0) is 18.2 Å². The Labute approximate surface area is 81.7 Å². The molecule has 0 bridgehead atoms. The van der Waals surface area contributed by atoms with Gasteiger partial charge in [0.25, 0.3) is 0 Å². The van der Waals surface area contributed by atoms with E-state index in [0.717, 1.165) is 6.29 Å². The first-order valence-corrected chi connectivity index (χ1v) is 4.09. The Kier molecular flexibility index (Phi) is 3.36. The van der Waals surface area contributed by atoms with E-state index in [4.69, 9.17) is 17.3 Å². The molecule has 13 heavy (non-hydrogen) atoms. The van der Waals surface area contributed by atoms with Crippen LogP contribution in [0.5, 0.6) is 0 Å². The zero-order chi connectivity index (χ0) is 9.68. The van der Waals surface area contributed by atoms with Crippen LogP contribution in [0.4, 0.5) is 5.69 Å². The third-order valence-electron chi connectivity index (χ3n) is 1.40. The van der Waals surface area contributed by atoms with Crippen molar-refractivity contribution in [3.05, 3.63) is 28.8 Å². The van der Waals surface area contributed by atoms with Crippen LogP contribution in [-0.4, -0.2) is 6.29 Å². The summed E-state index contributed by atoms with van der Waals surface area (Å²) in [6, 6.07) is 5.08. The van der Waals surface area contributed by atoms with Crippen molar-refractivity contribution in [2.75, 3.05) is 5.73 Å². The summed E-state index contributed by atoms with van der Waals surface area (Å²) in [6.45, 7) is 0. The molecule has 0 spiro atoms. The molecule has 0 aliphatic rings. The number of hydrogen-bond donors (Lipinski definition) is 1. The summed E-state index contributed by atoms with van der Waals surface area (Å²) in [5, 5.41) is 0.512. The van der Waals surface area contributed by atoms with Crippen molar-refractivity contribution in [2.24, 2.45) is 0 Å². The third-order valence-corrected chi connectivity index (χ3v) is 1.71. The molecule has 0 radical (unpaired) electrons. The molecule has 0 atom stereocenters. The normalized spacial score (nSPS) is 8.69. The highest BCUT2D eigenvalue weighted by atomic mass is 35.5. The molecule has 0 aliphatic carbocycles. The lowest BCUT2D eigenvalue weighted by Crippen LogP contribution is -1.85. The number of carbonyl (C=O) groups is 1. The highest BCUT2D eigenvalue weighted by molar-refractivity contribution is 6.32. The fraction of sp³-hybridized carbons (Fsp3) is 0.100. The SMILES string of the molecule is Nc1ccc(C#CCC=O)c(Cl)c1. The van der Waals surface area contributed by atoms with Crippen molar-refractivity contribution in [2.45, 2.75) is 6.42 Å². The van der Waals surface area contributed by atoms with Gasteiger partial charge in [-0.1, -0.05) is 23.4 Å². The molecule has 1 aromatic carbocycles. The first-order chi connectivity index (χ1) is 6.24. The molecule has 1 aromatic rings. The number of nitrogen functional groups attached to an aromatic ring is 1. The van der Waals surface area contributed by atoms with Crippen molar-refractivity contribution >= 4 is 23.6 Å². The largest absolute Gasteiger partial charge is 0.399 e.